The summed E-state index contributed by atoms with van der Waals surface area (Å²) in [5.41, 5.74) is 0. The lowest BCUT2D eigenvalue weighted by Crippen LogP contribution is -2.37. The highest BCUT2D eigenvalue weighted by Crippen LogP contribution is 2.38. The van der Waals surface area contributed by atoms with Gasteiger partial charge in [0.2, 0.25) is 0 Å². The molecule has 0 saturated heterocycles. The van der Waals surface area contributed by atoms with Crippen molar-refractivity contribution in [1.29, 1.82) is 0 Å². The Morgan fingerprint density at radius 3 is 1.50 bits per heavy atom. The first-order chi connectivity index (χ1) is 23.0. The average molecular weight is 708 g/mol. The molecule has 0 N–H and O–H groups in total. The van der Waals surface area contributed by atoms with Gasteiger partial charge in [0.05, 0.1) is 27.7 Å². The van der Waals surface area contributed by atoms with Crippen molar-refractivity contribution in [3.63, 3.8) is 0 Å². The molecule has 11 heteroatoms. The minimum Gasteiger partial charge on any atom is -0.756 e. The van der Waals surface area contributed by atoms with Gasteiger partial charge in [-0.1, -0.05) is 129 Å². The summed E-state index contributed by atoms with van der Waals surface area (Å²) in [6.45, 7) is 2.79. The SMILES string of the molecule is CCCCCCCCCCCCCCCC(=O)OC[C@H](COP(=O)([O-])OCC[N+](C)(C)C)OC(=O)CCCCCCCCCCCOC. The Morgan fingerprint density at radius 1 is 0.604 bits per heavy atom. The molecule has 0 aromatic carbocycles. The fourth-order valence-corrected chi connectivity index (χ4v) is 6.03. The molecule has 0 rings (SSSR count). The fraction of sp³-hybridized carbons (Fsp3) is 0.946. The van der Waals surface area contributed by atoms with Crippen LogP contribution >= 0.6 is 7.82 Å². The van der Waals surface area contributed by atoms with Gasteiger partial charge in [-0.15, -0.1) is 0 Å². The summed E-state index contributed by atoms with van der Waals surface area (Å²) in [4.78, 5) is 37.3. The van der Waals surface area contributed by atoms with Crippen molar-refractivity contribution in [2.24, 2.45) is 0 Å². The van der Waals surface area contributed by atoms with Gasteiger partial charge in [0, 0.05) is 26.6 Å². The third-order valence-corrected chi connectivity index (χ3v) is 9.34. The van der Waals surface area contributed by atoms with Gasteiger partial charge < -0.3 is 32.6 Å². The van der Waals surface area contributed by atoms with E-state index in [4.69, 9.17) is 23.3 Å². The number of hydrogen-bond acceptors (Lipinski definition) is 9. The molecule has 0 aliphatic heterocycles. The van der Waals surface area contributed by atoms with Gasteiger partial charge in [-0.2, -0.15) is 0 Å². The van der Waals surface area contributed by atoms with Gasteiger partial charge >= 0.3 is 11.9 Å². The lowest BCUT2D eigenvalue weighted by atomic mass is 10.0. The first kappa shape index (κ1) is 47.0. The molecule has 2 atom stereocenters. The second-order valence-electron chi connectivity index (χ2n) is 14.3. The predicted octanol–water partition coefficient (Wildman–Crippen LogP) is 8.68. The zero-order valence-electron chi connectivity index (χ0n) is 31.7. The normalized spacial score (nSPS) is 13.7. The van der Waals surface area contributed by atoms with Crippen LogP contribution in [-0.4, -0.2) is 83.8 Å². The van der Waals surface area contributed by atoms with E-state index in [0.29, 0.717) is 17.4 Å². The lowest BCUT2D eigenvalue weighted by Gasteiger charge is -2.28. The summed E-state index contributed by atoms with van der Waals surface area (Å²) in [6.07, 6.45) is 25.1. The Hall–Kier alpha value is -1.03. The summed E-state index contributed by atoms with van der Waals surface area (Å²) in [5.74, 6) is -0.844. The van der Waals surface area contributed by atoms with Crippen molar-refractivity contribution in [1.82, 2.24) is 0 Å². The molecule has 48 heavy (non-hydrogen) atoms. The number of quaternary nitrogens is 1. The van der Waals surface area contributed by atoms with Gasteiger partial charge in [0.15, 0.2) is 6.10 Å². The maximum absolute atomic E-state index is 12.6. The highest BCUT2D eigenvalue weighted by atomic mass is 31.2. The standard InChI is InChI=1S/C37H74NO9P/c1-6-7-8-9-10-11-12-13-14-16-19-22-25-28-36(39)44-33-35(34-46-48(41,42)45-32-30-38(2,3)4)47-37(40)29-26-23-20-17-15-18-21-24-27-31-43-5/h35H,6-34H2,1-5H3/t35-/m1/s1. The van der Waals surface area contributed by atoms with E-state index in [2.05, 4.69) is 6.92 Å². The summed E-state index contributed by atoms with van der Waals surface area (Å²) in [7, 11) is 2.89. The van der Waals surface area contributed by atoms with Gasteiger partial charge in [-0.3, -0.25) is 14.2 Å². The van der Waals surface area contributed by atoms with Crippen molar-refractivity contribution in [2.75, 3.05) is 61.2 Å². The zero-order valence-corrected chi connectivity index (χ0v) is 32.5. The minimum atomic E-state index is -4.61. The fourth-order valence-electron chi connectivity index (χ4n) is 5.30. The molecule has 286 valence electrons. The van der Waals surface area contributed by atoms with E-state index in [1.165, 1.54) is 89.9 Å². The van der Waals surface area contributed by atoms with Gasteiger partial charge in [0.1, 0.15) is 19.8 Å². The van der Waals surface area contributed by atoms with Crippen LogP contribution in [0.4, 0.5) is 0 Å². The Bertz CT molecular complexity index is 806. The van der Waals surface area contributed by atoms with Crippen LogP contribution in [0.3, 0.4) is 0 Å². The van der Waals surface area contributed by atoms with Crippen molar-refractivity contribution in [3.8, 4) is 0 Å². The largest absolute Gasteiger partial charge is 0.756 e. The van der Waals surface area contributed by atoms with Crippen LogP contribution in [0.15, 0.2) is 0 Å². The number of ether oxygens (including phenoxy) is 3. The predicted molar refractivity (Wildman–Crippen MR) is 192 cm³/mol. The van der Waals surface area contributed by atoms with E-state index in [1.54, 1.807) is 7.11 Å². The Labute approximate surface area is 294 Å². The molecule has 0 fully saturated rings. The van der Waals surface area contributed by atoms with Gasteiger partial charge in [-0.05, 0) is 19.3 Å². The maximum atomic E-state index is 12.6. The zero-order chi connectivity index (χ0) is 35.8. The van der Waals surface area contributed by atoms with Crippen LogP contribution in [0.25, 0.3) is 0 Å². The third-order valence-electron chi connectivity index (χ3n) is 8.37. The summed E-state index contributed by atoms with van der Waals surface area (Å²) < 4.78 is 38.8. The van der Waals surface area contributed by atoms with Gasteiger partial charge in [-0.25, -0.2) is 0 Å². The molecule has 0 aromatic heterocycles. The van der Waals surface area contributed by atoms with E-state index in [9.17, 15) is 19.0 Å². The molecule has 0 heterocycles. The minimum absolute atomic E-state index is 0.0311. The molecule has 0 radical (unpaired) electrons. The molecule has 0 amide bonds. The van der Waals surface area contributed by atoms with Gasteiger partial charge in [0.25, 0.3) is 7.82 Å². The molecule has 1 unspecified atom stereocenters. The number of hydrogen-bond donors (Lipinski definition) is 0. The molecule has 10 nitrogen and oxygen atoms in total. The molecule has 0 aliphatic carbocycles. The lowest BCUT2D eigenvalue weighted by molar-refractivity contribution is -0.870. The Kier molecular flexibility index (Phi) is 31.2. The van der Waals surface area contributed by atoms with E-state index in [1.807, 2.05) is 21.1 Å². The molecule has 0 aliphatic rings. The molecule has 0 saturated carbocycles. The smallest absolute Gasteiger partial charge is 0.306 e. The molecular weight excluding hydrogens is 633 g/mol. The van der Waals surface area contributed by atoms with Crippen molar-refractivity contribution < 1.29 is 46.8 Å². The molecule has 0 aromatic rings. The van der Waals surface area contributed by atoms with Crippen LogP contribution in [0.2, 0.25) is 0 Å². The van der Waals surface area contributed by atoms with Crippen molar-refractivity contribution in [2.45, 2.75) is 167 Å². The quantitative estimate of drug-likeness (QED) is 0.0273. The third kappa shape index (κ3) is 34.8. The molecule has 0 spiro atoms. The van der Waals surface area contributed by atoms with Crippen LogP contribution in [0, 0.1) is 0 Å². The number of rotatable bonds is 36. The second-order valence-corrected chi connectivity index (χ2v) is 15.7. The number of phosphoric acid groups is 1. The number of carbonyl (C=O) groups excluding carboxylic acids is 2. The van der Waals surface area contributed by atoms with Crippen LogP contribution in [0.1, 0.15) is 161 Å². The first-order valence-electron chi connectivity index (χ1n) is 19.2. The number of carbonyl (C=O) groups is 2. The maximum Gasteiger partial charge on any atom is 0.306 e. The topological polar surface area (TPSA) is 120 Å². The monoisotopic (exact) mass is 708 g/mol. The number of nitrogens with zero attached hydrogens (tertiary/aromatic N) is 1. The van der Waals surface area contributed by atoms with E-state index in [-0.39, 0.29) is 32.0 Å². The molecular formula is C37H74NO9P. The Morgan fingerprint density at radius 2 is 1.04 bits per heavy atom. The van der Waals surface area contributed by atoms with Crippen LogP contribution in [-0.2, 0) is 37.4 Å². The number of unbranched alkanes of at least 4 members (excludes halogenated alkanes) is 20. The van der Waals surface area contributed by atoms with E-state index < -0.39 is 26.5 Å². The average Bonchev–Trinajstić information content (AvgIpc) is 3.02. The van der Waals surface area contributed by atoms with Crippen molar-refractivity contribution >= 4 is 19.8 Å². The number of methoxy groups -OCH3 is 1. The van der Waals surface area contributed by atoms with E-state index >= 15 is 0 Å². The number of likely N-dealkylation sites (N-methyl/N-ethyl adjacent to an activating group) is 1. The Balaban J connectivity index is 4.39. The highest BCUT2D eigenvalue weighted by molar-refractivity contribution is 7.45. The first-order valence-corrected chi connectivity index (χ1v) is 20.7. The van der Waals surface area contributed by atoms with Crippen LogP contribution < -0.4 is 4.89 Å². The van der Waals surface area contributed by atoms with Crippen molar-refractivity contribution in [3.05, 3.63) is 0 Å². The van der Waals surface area contributed by atoms with Crippen LogP contribution in [0.5, 0.6) is 0 Å². The number of phosphoric ester groups is 1. The number of esters is 2. The van der Waals surface area contributed by atoms with E-state index in [0.717, 1.165) is 51.6 Å². The highest BCUT2D eigenvalue weighted by Gasteiger charge is 2.21. The second kappa shape index (κ2) is 31.9. The summed E-state index contributed by atoms with van der Waals surface area (Å²) >= 11 is 0. The summed E-state index contributed by atoms with van der Waals surface area (Å²) in [6, 6.07) is 0. The molecule has 0 bridgehead atoms. The summed E-state index contributed by atoms with van der Waals surface area (Å²) in [5, 5.41) is 0.